The molecule has 0 saturated heterocycles. The van der Waals surface area contributed by atoms with Crippen molar-refractivity contribution in [1.29, 1.82) is 0 Å². The Balaban J connectivity index is 3.33. The lowest BCUT2D eigenvalue weighted by Crippen LogP contribution is -2.32. The SMILES string of the molecule is CCCCOCC(O)CN(C)CCCC. The monoisotopic (exact) mass is 217 g/mol. The Morgan fingerprint density at radius 3 is 2.47 bits per heavy atom. The van der Waals surface area contributed by atoms with Gasteiger partial charge in [0, 0.05) is 13.2 Å². The molecule has 0 amide bonds. The molecule has 0 fully saturated rings. The fourth-order valence-corrected chi connectivity index (χ4v) is 1.40. The molecular weight excluding hydrogens is 190 g/mol. The van der Waals surface area contributed by atoms with Crippen LogP contribution in [0.5, 0.6) is 0 Å². The molecule has 0 aromatic carbocycles. The van der Waals surface area contributed by atoms with Crippen molar-refractivity contribution in [2.24, 2.45) is 0 Å². The lowest BCUT2D eigenvalue weighted by molar-refractivity contribution is 0.0198. The fourth-order valence-electron chi connectivity index (χ4n) is 1.40. The van der Waals surface area contributed by atoms with E-state index < -0.39 is 0 Å². The van der Waals surface area contributed by atoms with Gasteiger partial charge in [0.25, 0.3) is 0 Å². The van der Waals surface area contributed by atoms with E-state index in [9.17, 15) is 5.11 Å². The van der Waals surface area contributed by atoms with Crippen molar-refractivity contribution in [3.05, 3.63) is 0 Å². The van der Waals surface area contributed by atoms with E-state index in [4.69, 9.17) is 4.74 Å². The highest BCUT2D eigenvalue weighted by Crippen LogP contribution is 1.96. The highest BCUT2D eigenvalue weighted by Gasteiger charge is 2.07. The molecule has 0 rings (SSSR count). The second kappa shape index (κ2) is 10.4. The lowest BCUT2D eigenvalue weighted by Gasteiger charge is -2.20. The number of unbranched alkanes of at least 4 members (excludes halogenated alkanes) is 2. The molecule has 0 heterocycles. The molecule has 1 unspecified atom stereocenters. The highest BCUT2D eigenvalue weighted by atomic mass is 16.5. The Bertz CT molecular complexity index is 131. The van der Waals surface area contributed by atoms with E-state index in [0.29, 0.717) is 13.2 Å². The molecule has 0 saturated carbocycles. The van der Waals surface area contributed by atoms with Gasteiger partial charge < -0.3 is 14.7 Å². The third-order valence-corrected chi connectivity index (χ3v) is 2.37. The Hall–Kier alpha value is -0.120. The summed E-state index contributed by atoms with van der Waals surface area (Å²) in [6.07, 6.45) is 4.28. The number of hydrogen-bond donors (Lipinski definition) is 1. The van der Waals surface area contributed by atoms with Gasteiger partial charge in [-0.3, -0.25) is 0 Å². The van der Waals surface area contributed by atoms with Crippen molar-refractivity contribution < 1.29 is 9.84 Å². The zero-order chi connectivity index (χ0) is 11.5. The molecule has 1 N–H and O–H groups in total. The van der Waals surface area contributed by atoms with Gasteiger partial charge in [0.2, 0.25) is 0 Å². The molecule has 15 heavy (non-hydrogen) atoms. The summed E-state index contributed by atoms with van der Waals surface area (Å²) < 4.78 is 5.36. The van der Waals surface area contributed by atoms with Crippen LogP contribution < -0.4 is 0 Å². The van der Waals surface area contributed by atoms with Crippen LogP contribution in [0.1, 0.15) is 39.5 Å². The molecule has 0 aliphatic rings. The third kappa shape index (κ3) is 10.2. The van der Waals surface area contributed by atoms with E-state index in [-0.39, 0.29) is 6.10 Å². The second-order valence-corrected chi connectivity index (χ2v) is 4.20. The standard InChI is InChI=1S/C12H27NO2/c1-4-6-8-13(3)10-12(14)11-15-9-7-5-2/h12,14H,4-11H2,1-3H3. The van der Waals surface area contributed by atoms with Crippen molar-refractivity contribution in [3.8, 4) is 0 Å². The first-order valence-electron chi connectivity index (χ1n) is 6.15. The minimum Gasteiger partial charge on any atom is -0.389 e. The number of nitrogens with zero attached hydrogens (tertiary/aromatic N) is 1. The van der Waals surface area contributed by atoms with Crippen LogP contribution in [0.15, 0.2) is 0 Å². The lowest BCUT2D eigenvalue weighted by atomic mass is 10.3. The van der Waals surface area contributed by atoms with Gasteiger partial charge in [-0.05, 0) is 26.4 Å². The van der Waals surface area contributed by atoms with Crippen molar-refractivity contribution in [2.75, 3.05) is 33.4 Å². The fraction of sp³-hybridized carbons (Fsp3) is 1.00. The zero-order valence-electron chi connectivity index (χ0n) is 10.5. The summed E-state index contributed by atoms with van der Waals surface area (Å²) in [5.41, 5.74) is 0. The Morgan fingerprint density at radius 1 is 1.20 bits per heavy atom. The molecule has 0 aromatic heterocycles. The van der Waals surface area contributed by atoms with Crippen LogP contribution in [0, 0.1) is 0 Å². The van der Waals surface area contributed by atoms with Crippen LogP contribution in [0.2, 0.25) is 0 Å². The predicted octanol–water partition coefficient (Wildman–Crippen LogP) is 1.90. The van der Waals surface area contributed by atoms with Crippen LogP contribution in [-0.4, -0.2) is 49.5 Å². The van der Waals surface area contributed by atoms with E-state index in [1.165, 1.54) is 12.8 Å². The molecule has 0 bridgehead atoms. The zero-order valence-corrected chi connectivity index (χ0v) is 10.5. The van der Waals surface area contributed by atoms with E-state index in [0.717, 1.165) is 26.0 Å². The maximum absolute atomic E-state index is 9.65. The van der Waals surface area contributed by atoms with E-state index in [1.54, 1.807) is 0 Å². The Kier molecular flexibility index (Phi) is 10.3. The average Bonchev–Trinajstić information content (AvgIpc) is 2.21. The summed E-state index contributed by atoms with van der Waals surface area (Å²) in [7, 11) is 2.05. The molecule has 0 spiro atoms. The number of likely N-dealkylation sites (N-methyl/N-ethyl adjacent to an activating group) is 1. The van der Waals surface area contributed by atoms with Crippen molar-refractivity contribution in [3.63, 3.8) is 0 Å². The molecule has 92 valence electrons. The molecular formula is C12H27NO2. The molecule has 1 atom stereocenters. The quantitative estimate of drug-likeness (QED) is 0.567. The highest BCUT2D eigenvalue weighted by molar-refractivity contribution is 4.60. The summed E-state index contributed by atoms with van der Waals surface area (Å²) in [4.78, 5) is 2.16. The van der Waals surface area contributed by atoms with Crippen LogP contribution >= 0.6 is 0 Å². The van der Waals surface area contributed by atoms with Gasteiger partial charge in [-0.25, -0.2) is 0 Å². The van der Waals surface area contributed by atoms with Crippen molar-refractivity contribution >= 4 is 0 Å². The number of aliphatic hydroxyl groups excluding tert-OH is 1. The summed E-state index contributed by atoms with van der Waals surface area (Å²) in [5.74, 6) is 0. The van der Waals surface area contributed by atoms with Gasteiger partial charge in [0.05, 0.1) is 12.7 Å². The first-order valence-corrected chi connectivity index (χ1v) is 6.15. The number of hydrogen-bond acceptors (Lipinski definition) is 3. The third-order valence-electron chi connectivity index (χ3n) is 2.37. The topological polar surface area (TPSA) is 32.7 Å². The van der Waals surface area contributed by atoms with Gasteiger partial charge in [0.1, 0.15) is 0 Å². The normalized spacial score (nSPS) is 13.4. The van der Waals surface area contributed by atoms with Crippen LogP contribution in [0.3, 0.4) is 0 Å². The molecule has 0 aromatic rings. The first-order chi connectivity index (χ1) is 7.20. The predicted molar refractivity (Wildman–Crippen MR) is 64.1 cm³/mol. The summed E-state index contributed by atoms with van der Waals surface area (Å²) in [6.45, 7) is 7.33. The molecule has 3 heteroatoms. The summed E-state index contributed by atoms with van der Waals surface area (Å²) in [5, 5.41) is 9.65. The van der Waals surface area contributed by atoms with Crippen molar-refractivity contribution in [1.82, 2.24) is 4.90 Å². The molecule has 0 radical (unpaired) electrons. The van der Waals surface area contributed by atoms with Gasteiger partial charge >= 0.3 is 0 Å². The average molecular weight is 217 g/mol. The minimum absolute atomic E-state index is 0.344. The van der Waals surface area contributed by atoms with Gasteiger partial charge in [0.15, 0.2) is 0 Å². The van der Waals surface area contributed by atoms with E-state index in [1.807, 2.05) is 7.05 Å². The van der Waals surface area contributed by atoms with Gasteiger partial charge in [-0.2, -0.15) is 0 Å². The largest absolute Gasteiger partial charge is 0.389 e. The van der Waals surface area contributed by atoms with E-state index >= 15 is 0 Å². The molecule has 0 aliphatic carbocycles. The molecule has 0 aliphatic heterocycles. The maximum Gasteiger partial charge on any atom is 0.0900 e. The smallest absolute Gasteiger partial charge is 0.0900 e. The summed E-state index contributed by atoms with van der Waals surface area (Å²) >= 11 is 0. The minimum atomic E-state index is -0.344. The van der Waals surface area contributed by atoms with E-state index in [2.05, 4.69) is 18.7 Å². The Labute approximate surface area is 94.4 Å². The number of aliphatic hydroxyl groups is 1. The first kappa shape index (κ1) is 14.9. The second-order valence-electron chi connectivity index (χ2n) is 4.20. The Morgan fingerprint density at radius 2 is 1.87 bits per heavy atom. The maximum atomic E-state index is 9.65. The van der Waals surface area contributed by atoms with Crippen LogP contribution in [0.4, 0.5) is 0 Å². The molecule has 3 nitrogen and oxygen atoms in total. The van der Waals surface area contributed by atoms with Crippen LogP contribution in [-0.2, 0) is 4.74 Å². The van der Waals surface area contributed by atoms with Gasteiger partial charge in [-0.1, -0.05) is 26.7 Å². The number of rotatable bonds is 10. The summed E-state index contributed by atoms with van der Waals surface area (Å²) in [6, 6.07) is 0. The van der Waals surface area contributed by atoms with Crippen LogP contribution in [0.25, 0.3) is 0 Å². The van der Waals surface area contributed by atoms with Crippen molar-refractivity contribution in [2.45, 2.75) is 45.6 Å². The number of ether oxygens (including phenoxy) is 1. The van der Waals surface area contributed by atoms with Gasteiger partial charge in [-0.15, -0.1) is 0 Å².